The van der Waals surface area contributed by atoms with Crippen LogP contribution >= 0.6 is 0 Å². The van der Waals surface area contributed by atoms with Gasteiger partial charge in [-0.1, -0.05) is 12.1 Å². The predicted molar refractivity (Wildman–Crippen MR) is 143 cm³/mol. The number of nitrogens with zero attached hydrogens (tertiary/aromatic N) is 1. The third kappa shape index (κ3) is 7.57. The summed E-state index contributed by atoms with van der Waals surface area (Å²) in [5, 5.41) is 14.4. The number of methoxy groups -OCH3 is 1. The number of hydrogen-bond acceptors (Lipinski definition) is 10. The molecule has 1 unspecified atom stereocenters. The van der Waals surface area contributed by atoms with Crippen molar-refractivity contribution in [2.75, 3.05) is 26.9 Å². The van der Waals surface area contributed by atoms with Gasteiger partial charge in [-0.05, 0) is 57.5 Å². The third-order valence-electron chi connectivity index (χ3n) is 5.82. The first-order valence-corrected chi connectivity index (χ1v) is 12.2. The molecule has 1 aliphatic rings. The van der Waals surface area contributed by atoms with Gasteiger partial charge in [0.2, 0.25) is 0 Å². The lowest BCUT2D eigenvalue weighted by atomic mass is 9.80. The normalized spacial score (nSPS) is 15.4. The maximum Gasteiger partial charge on any atom is 0.336 e. The van der Waals surface area contributed by atoms with Gasteiger partial charge in [0.25, 0.3) is 5.69 Å². The molecular formula is C28H33N3O8. The maximum atomic E-state index is 13.3. The fraction of sp³-hybridized carbons (Fsp3) is 0.357. The van der Waals surface area contributed by atoms with Gasteiger partial charge < -0.3 is 30.0 Å². The molecule has 0 amide bonds. The van der Waals surface area contributed by atoms with Gasteiger partial charge in [-0.25, -0.2) is 9.59 Å². The molecule has 39 heavy (non-hydrogen) atoms. The molecule has 3 rings (SSSR count). The van der Waals surface area contributed by atoms with Gasteiger partial charge in [0.1, 0.15) is 31.3 Å². The van der Waals surface area contributed by atoms with Crippen LogP contribution in [-0.2, 0) is 19.1 Å². The SMILES string of the molecule is COC(=O)C1=C(C)NC(C)=C(C(=O)OCCOc2ccc(OCC(C)(C)N)cc2)C1c1cccc([N+](=O)[O-])c1. The lowest BCUT2D eigenvalue weighted by molar-refractivity contribution is -0.384. The number of carbonyl (C=O) groups excluding carboxylic acids is 2. The van der Waals surface area contributed by atoms with E-state index in [9.17, 15) is 19.7 Å². The highest BCUT2D eigenvalue weighted by Gasteiger charge is 2.38. The number of rotatable bonds is 11. The quantitative estimate of drug-likeness (QED) is 0.187. The molecule has 1 heterocycles. The van der Waals surface area contributed by atoms with Crippen molar-refractivity contribution >= 4 is 17.6 Å². The Bertz CT molecular complexity index is 1290. The zero-order valence-electron chi connectivity index (χ0n) is 22.6. The number of esters is 2. The van der Waals surface area contributed by atoms with E-state index in [0.717, 1.165) is 0 Å². The lowest BCUT2D eigenvalue weighted by Crippen LogP contribution is -2.38. The summed E-state index contributed by atoms with van der Waals surface area (Å²) in [5.74, 6) is -1.09. The summed E-state index contributed by atoms with van der Waals surface area (Å²) in [6, 6.07) is 12.7. The second-order valence-corrected chi connectivity index (χ2v) is 9.71. The zero-order chi connectivity index (χ0) is 28.7. The van der Waals surface area contributed by atoms with E-state index in [-0.39, 0.29) is 30.0 Å². The standard InChI is InChI=1S/C28H33N3O8/c1-17-23(26(32)36-5)25(19-7-6-8-20(15-19)31(34)35)24(18(2)30-17)27(33)38-14-13-37-21-9-11-22(12-10-21)39-16-28(3,4)29/h6-12,15,25,30H,13-14,16,29H2,1-5H3. The molecule has 2 aromatic rings. The van der Waals surface area contributed by atoms with Crippen LogP contribution in [0.1, 0.15) is 39.2 Å². The Balaban J connectivity index is 1.72. The molecule has 0 spiro atoms. The minimum Gasteiger partial charge on any atom is -0.492 e. The molecular weight excluding hydrogens is 506 g/mol. The molecule has 0 radical (unpaired) electrons. The molecule has 0 saturated heterocycles. The summed E-state index contributed by atoms with van der Waals surface area (Å²) >= 11 is 0. The largest absolute Gasteiger partial charge is 0.492 e. The van der Waals surface area contributed by atoms with Crippen molar-refractivity contribution in [1.29, 1.82) is 0 Å². The fourth-order valence-electron chi connectivity index (χ4n) is 4.07. The van der Waals surface area contributed by atoms with E-state index in [1.807, 2.05) is 13.8 Å². The van der Waals surface area contributed by atoms with Gasteiger partial charge in [0, 0.05) is 29.1 Å². The van der Waals surface area contributed by atoms with E-state index in [2.05, 4.69) is 5.32 Å². The summed E-state index contributed by atoms with van der Waals surface area (Å²) in [5.41, 5.74) is 6.91. The molecule has 11 heteroatoms. The summed E-state index contributed by atoms with van der Waals surface area (Å²) in [6.45, 7) is 7.43. The van der Waals surface area contributed by atoms with Crippen molar-refractivity contribution in [1.82, 2.24) is 5.32 Å². The number of carbonyl (C=O) groups is 2. The van der Waals surface area contributed by atoms with Gasteiger partial charge in [0.15, 0.2) is 0 Å². The Labute approximate surface area is 226 Å². The van der Waals surface area contributed by atoms with Crippen LogP contribution < -0.4 is 20.5 Å². The summed E-state index contributed by atoms with van der Waals surface area (Å²) in [6.07, 6.45) is 0. The van der Waals surface area contributed by atoms with E-state index in [1.165, 1.54) is 25.3 Å². The van der Waals surface area contributed by atoms with Gasteiger partial charge in [0.05, 0.1) is 29.1 Å². The Morgan fingerprint density at radius 2 is 1.56 bits per heavy atom. The average molecular weight is 540 g/mol. The zero-order valence-corrected chi connectivity index (χ0v) is 22.6. The lowest BCUT2D eigenvalue weighted by Gasteiger charge is -2.30. The van der Waals surface area contributed by atoms with Gasteiger partial charge >= 0.3 is 11.9 Å². The van der Waals surface area contributed by atoms with Crippen molar-refractivity contribution < 1.29 is 33.5 Å². The number of ether oxygens (including phenoxy) is 4. The van der Waals surface area contributed by atoms with Gasteiger partial charge in [-0.2, -0.15) is 0 Å². The molecule has 0 aromatic heterocycles. The number of nitrogens with one attached hydrogen (secondary N) is 1. The molecule has 1 atom stereocenters. The Kier molecular flexibility index (Phi) is 9.31. The van der Waals surface area contributed by atoms with Crippen molar-refractivity contribution in [2.24, 2.45) is 5.73 Å². The summed E-state index contributed by atoms with van der Waals surface area (Å²) in [7, 11) is 1.23. The number of dihydropyridines is 1. The minimum absolute atomic E-state index is 0.0712. The highest BCUT2D eigenvalue weighted by molar-refractivity contribution is 5.99. The van der Waals surface area contributed by atoms with E-state index < -0.39 is 28.3 Å². The Hall–Kier alpha value is -4.38. The van der Waals surface area contributed by atoms with E-state index in [1.54, 1.807) is 44.2 Å². The number of allylic oxidation sites excluding steroid dienone is 2. The first kappa shape index (κ1) is 29.2. The van der Waals surface area contributed by atoms with E-state index in [0.29, 0.717) is 35.1 Å². The third-order valence-corrected chi connectivity index (χ3v) is 5.82. The van der Waals surface area contributed by atoms with Crippen LogP contribution in [0.2, 0.25) is 0 Å². The molecule has 0 bridgehead atoms. The van der Waals surface area contributed by atoms with Crippen molar-refractivity contribution in [3.63, 3.8) is 0 Å². The topological polar surface area (TPSA) is 152 Å². The average Bonchev–Trinajstić information content (AvgIpc) is 2.89. The van der Waals surface area contributed by atoms with Crippen LogP contribution in [0.3, 0.4) is 0 Å². The second-order valence-electron chi connectivity index (χ2n) is 9.71. The number of benzene rings is 2. The van der Waals surface area contributed by atoms with Crippen LogP contribution in [0.5, 0.6) is 11.5 Å². The van der Waals surface area contributed by atoms with Crippen LogP contribution in [0.15, 0.2) is 71.1 Å². The Morgan fingerprint density at radius 3 is 2.13 bits per heavy atom. The highest BCUT2D eigenvalue weighted by atomic mass is 16.6. The number of nitro groups is 1. The number of hydrogen-bond donors (Lipinski definition) is 2. The molecule has 0 aliphatic carbocycles. The van der Waals surface area contributed by atoms with Crippen LogP contribution in [0.4, 0.5) is 5.69 Å². The van der Waals surface area contributed by atoms with Gasteiger partial charge in [-0.3, -0.25) is 10.1 Å². The van der Waals surface area contributed by atoms with Crippen LogP contribution in [0.25, 0.3) is 0 Å². The number of non-ortho nitro benzene ring substituents is 1. The molecule has 1 aliphatic heterocycles. The first-order valence-electron chi connectivity index (χ1n) is 12.2. The molecule has 208 valence electrons. The summed E-state index contributed by atoms with van der Waals surface area (Å²) in [4.78, 5) is 36.8. The minimum atomic E-state index is -0.932. The van der Waals surface area contributed by atoms with Crippen LogP contribution in [0, 0.1) is 10.1 Å². The van der Waals surface area contributed by atoms with Crippen molar-refractivity contribution in [3.8, 4) is 11.5 Å². The van der Waals surface area contributed by atoms with Crippen LogP contribution in [-0.4, -0.2) is 49.3 Å². The molecule has 3 N–H and O–H groups in total. The highest BCUT2D eigenvalue weighted by Crippen LogP contribution is 2.40. The predicted octanol–water partition coefficient (Wildman–Crippen LogP) is 3.74. The Morgan fingerprint density at radius 1 is 0.974 bits per heavy atom. The monoisotopic (exact) mass is 539 g/mol. The van der Waals surface area contributed by atoms with Crippen molar-refractivity contribution in [2.45, 2.75) is 39.2 Å². The first-order chi connectivity index (χ1) is 18.4. The summed E-state index contributed by atoms with van der Waals surface area (Å²) < 4.78 is 21.8. The molecule has 0 saturated carbocycles. The second kappa shape index (κ2) is 12.4. The fourth-order valence-corrected chi connectivity index (χ4v) is 4.07. The molecule has 2 aromatic carbocycles. The molecule has 11 nitrogen and oxygen atoms in total. The number of nitro benzene ring substituents is 1. The van der Waals surface area contributed by atoms with Crippen molar-refractivity contribution in [3.05, 3.63) is 86.7 Å². The van der Waals surface area contributed by atoms with Gasteiger partial charge in [-0.15, -0.1) is 0 Å². The van der Waals surface area contributed by atoms with E-state index in [4.69, 9.17) is 24.7 Å². The smallest absolute Gasteiger partial charge is 0.336 e. The van der Waals surface area contributed by atoms with E-state index >= 15 is 0 Å². The molecule has 0 fully saturated rings. The maximum absolute atomic E-state index is 13.3. The number of nitrogens with two attached hydrogens (primary N) is 1.